The highest BCUT2D eigenvalue weighted by Gasteiger charge is 2.28. The van der Waals surface area contributed by atoms with E-state index < -0.39 is 5.97 Å². The average Bonchev–Trinajstić information content (AvgIpc) is 3.03. The Bertz CT molecular complexity index is 1950. The summed E-state index contributed by atoms with van der Waals surface area (Å²) in [6.07, 6.45) is 0.938. The van der Waals surface area contributed by atoms with Crippen LogP contribution in [-0.2, 0) is 50.5 Å². The van der Waals surface area contributed by atoms with Crippen LogP contribution in [0, 0.1) is 0 Å². The summed E-state index contributed by atoms with van der Waals surface area (Å²) in [5, 5.41) is 36.3. The molecule has 7 heteroatoms. The highest BCUT2D eigenvalue weighted by Crippen LogP contribution is 2.48. The number of rotatable bonds is 4. The molecule has 0 atom stereocenters. The van der Waals surface area contributed by atoms with Crippen LogP contribution in [0.25, 0.3) is 0 Å². The lowest BCUT2D eigenvalue weighted by Crippen LogP contribution is -2.18. The number of carbonyl (C=O) groups excluding carboxylic acids is 1. The van der Waals surface area contributed by atoms with Crippen LogP contribution in [-0.4, -0.2) is 34.5 Å². The van der Waals surface area contributed by atoms with Crippen LogP contribution in [0.1, 0.15) is 146 Å². The topological polar surface area (TPSA) is 96.2 Å². The summed E-state index contributed by atoms with van der Waals surface area (Å²) in [6.45, 7) is 27.6. The fourth-order valence-electron chi connectivity index (χ4n) is 6.79. The molecule has 4 aromatic carbocycles. The van der Waals surface area contributed by atoms with Crippen molar-refractivity contribution >= 4 is 17.7 Å². The fourth-order valence-corrected chi connectivity index (χ4v) is 7.85. The molecule has 0 saturated heterocycles. The first-order valence-electron chi connectivity index (χ1n) is 19.1. The van der Waals surface area contributed by atoms with Gasteiger partial charge in [-0.2, -0.15) is 0 Å². The highest BCUT2D eigenvalue weighted by atomic mass is 32.2. The highest BCUT2D eigenvalue weighted by molar-refractivity contribution is 7.99. The minimum Gasteiger partial charge on any atom is -0.507 e. The molecule has 0 aromatic heterocycles. The smallest absolute Gasteiger partial charge is 0.344 e. The Morgan fingerprint density at radius 3 is 1.20 bits per heavy atom. The largest absolute Gasteiger partial charge is 0.507 e. The first-order valence-corrected chi connectivity index (χ1v) is 19.9. The van der Waals surface area contributed by atoms with Gasteiger partial charge in [0.2, 0.25) is 0 Å². The second-order valence-corrected chi connectivity index (χ2v) is 20.0. The van der Waals surface area contributed by atoms with Gasteiger partial charge in [0, 0.05) is 19.3 Å². The van der Waals surface area contributed by atoms with Crippen LogP contribution in [0.5, 0.6) is 23.0 Å². The first kappa shape index (κ1) is 41.1. The third kappa shape index (κ3) is 9.05. The molecule has 0 radical (unpaired) electrons. The van der Waals surface area contributed by atoms with Crippen LogP contribution in [0.4, 0.5) is 0 Å². The van der Waals surface area contributed by atoms with E-state index >= 15 is 0 Å². The lowest BCUT2D eigenvalue weighted by Gasteiger charge is -2.27. The molecule has 8 bridgehead atoms. The van der Waals surface area contributed by atoms with E-state index in [-0.39, 0.29) is 52.1 Å². The molecule has 1 aliphatic rings. The molecular formula is C47H60O6S. The van der Waals surface area contributed by atoms with Crippen molar-refractivity contribution < 1.29 is 29.6 Å². The number of hydrogen-bond acceptors (Lipinski definition) is 7. The Labute approximate surface area is 327 Å². The molecule has 6 nitrogen and oxygen atoms in total. The van der Waals surface area contributed by atoms with Gasteiger partial charge in [0.1, 0.15) is 23.0 Å². The van der Waals surface area contributed by atoms with Crippen LogP contribution in [0.3, 0.4) is 0 Å². The van der Waals surface area contributed by atoms with Crippen molar-refractivity contribution in [2.75, 3.05) is 13.2 Å². The predicted molar refractivity (Wildman–Crippen MR) is 220 cm³/mol. The third-order valence-electron chi connectivity index (χ3n) is 10.3. The Morgan fingerprint density at radius 2 is 0.852 bits per heavy atom. The molecule has 54 heavy (non-hydrogen) atoms. The predicted octanol–water partition coefficient (Wildman–Crippen LogP) is 11.2. The van der Waals surface area contributed by atoms with Crippen molar-refractivity contribution in [1.29, 1.82) is 0 Å². The first-order chi connectivity index (χ1) is 24.9. The van der Waals surface area contributed by atoms with Crippen LogP contribution in [0.15, 0.2) is 58.3 Å². The molecule has 1 heterocycles. The van der Waals surface area contributed by atoms with Gasteiger partial charge in [-0.05, 0) is 96.4 Å². The monoisotopic (exact) mass is 752 g/mol. The Kier molecular flexibility index (Phi) is 11.3. The number of hydrogen-bond donors (Lipinski definition) is 3. The maximum Gasteiger partial charge on any atom is 0.344 e. The van der Waals surface area contributed by atoms with E-state index in [1.54, 1.807) is 6.92 Å². The van der Waals surface area contributed by atoms with Crippen LogP contribution >= 0.6 is 11.8 Å². The summed E-state index contributed by atoms with van der Waals surface area (Å²) in [5.41, 5.74) is 7.75. The summed E-state index contributed by atoms with van der Waals surface area (Å²) >= 11 is 1.35. The molecule has 0 aliphatic carbocycles. The fraction of sp³-hybridized carbons (Fsp3) is 0.468. The molecule has 0 unspecified atom stereocenters. The van der Waals surface area contributed by atoms with Crippen molar-refractivity contribution in [3.05, 3.63) is 104 Å². The van der Waals surface area contributed by atoms with Gasteiger partial charge in [0.25, 0.3) is 0 Å². The van der Waals surface area contributed by atoms with Crippen molar-refractivity contribution in [1.82, 2.24) is 0 Å². The van der Waals surface area contributed by atoms with Crippen molar-refractivity contribution in [3.63, 3.8) is 0 Å². The van der Waals surface area contributed by atoms with E-state index in [0.717, 1.165) is 38.9 Å². The van der Waals surface area contributed by atoms with E-state index in [1.807, 2.05) is 18.2 Å². The average molecular weight is 753 g/mol. The maximum atomic E-state index is 12.7. The quantitative estimate of drug-likeness (QED) is 0.157. The number of fused-ring (bicyclic) bond motifs is 8. The van der Waals surface area contributed by atoms with E-state index in [0.29, 0.717) is 51.5 Å². The van der Waals surface area contributed by atoms with Gasteiger partial charge in [0.15, 0.2) is 6.61 Å². The summed E-state index contributed by atoms with van der Waals surface area (Å²) in [4.78, 5) is 14.0. The lowest BCUT2D eigenvalue weighted by molar-refractivity contribution is -0.145. The van der Waals surface area contributed by atoms with E-state index in [9.17, 15) is 20.1 Å². The van der Waals surface area contributed by atoms with Gasteiger partial charge in [-0.25, -0.2) is 4.79 Å². The normalized spacial score (nSPS) is 13.8. The summed E-state index contributed by atoms with van der Waals surface area (Å²) < 4.78 is 11.7. The minimum absolute atomic E-state index is 0.138. The van der Waals surface area contributed by atoms with Gasteiger partial charge in [-0.3, -0.25) is 0 Å². The second-order valence-electron chi connectivity index (χ2n) is 19.0. The third-order valence-corrected chi connectivity index (χ3v) is 11.3. The Hall–Kier alpha value is -4.10. The van der Waals surface area contributed by atoms with E-state index in [4.69, 9.17) is 9.47 Å². The second kappa shape index (κ2) is 14.9. The molecule has 0 spiro atoms. The molecular weight excluding hydrogens is 693 g/mol. The van der Waals surface area contributed by atoms with Crippen LogP contribution in [0.2, 0.25) is 0 Å². The summed E-state index contributed by atoms with van der Waals surface area (Å²) in [7, 11) is 0. The number of carbonyl (C=O) groups is 1. The van der Waals surface area contributed by atoms with E-state index in [2.05, 4.69) is 113 Å². The molecule has 290 valence electrons. The van der Waals surface area contributed by atoms with Gasteiger partial charge in [-0.1, -0.05) is 131 Å². The Balaban J connectivity index is 1.91. The minimum atomic E-state index is -0.469. The summed E-state index contributed by atoms with van der Waals surface area (Å²) in [6, 6.07) is 16.5. The number of benzene rings is 4. The molecule has 0 amide bonds. The SMILES string of the molecule is CCOC(=O)COc1c2cc(C(C)(C)C)cc1Cc1cc(C(C)(C)C)cc(c1O)Sc1cc(C(C)(C)C)cc(c1O)Cc1cc(C(C)(C)C)cc(c1O)C2. The molecule has 1 aliphatic heterocycles. The molecule has 3 N–H and O–H groups in total. The zero-order valence-electron chi connectivity index (χ0n) is 34.6. The number of aromatic hydroxyl groups is 3. The van der Waals surface area contributed by atoms with Crippen LogP contribution < -0.4 is 4.74 Å². The number of esters is 1. The lowest BCUT2D eigenvalue weighted by atomic mass is 9.80. The zero-order valence-corrected chi connectivity index (χ0v) is 35.4. The number of ether oxygens (including phenoxy) is 2. The zero-order chi connectivity index (χ0) is 40.1. The van der Waals surface area contributed by atoms with Gasteiger partial charge in [0.05, 0.1) is 16.4 Å². The Morgan fingerprint density at radius 1 is 0.537 bits per heavy atom. The van der Waals surface area contributed by atoms with E-state index in [1.165, 1.54) is 11.8 Å². The van der Waals surface area contributed by atoms with Gasteiger partial charge >= 0.3 is 5.97 Å². The standard InChI is InChI=1S/C47H60O6S/c1-14-52-39(48)26-53-43-31-16-28-19-33(44(2,3)4)18-27(40(28)49)15-29-20-35(46(8,9)10)24-37(41(29)50)54-38-25-36(47(11,12)13)21-30(42(38)51)17-32(43)23-34(22-31)45(5,6)7/h18-25,49-51H,14-17,26H2,1-13H3. The van der Waals surface area contributed by atoms with Crippen molar-refractivity contribution in [3.8, 4) is 23.0 Å². The van der Waals surface area contributed by atoms with Gasteiger partial charge < -0.3 is 24.8 Å². The number of phenolic OH excluding ortho intramolecular Hbond substituents is 3. The maximum absolute atomic E-state index is 12.7. The molecule has 5 rings (SSSR count). The van der Waals surface area contributed by atoms with Crippen molar-refractivity contribution in [2.45, 2.75) is 141 Å². The molecule has 0 fully saturated rings. The molecule has 0 saturated carbocycles. The van der Waals surface area contributed by atoms with Gasteiger partial charge in [-0.15, -0.1) is 0 Å². The number of phenols is 3. The molecule has 4 aromatic rings. The summed E-state index contributed by atoms with van der Waals surface area (Å²) in [5.74, 6) is 0.514. The van der Waals surface area contributed by atoms with Crippen molar-refractivity contribution in [2.24, 2.45) is 0 Å².